The molecule has 0 radical (unpaired) electrons. The molecule has 3 aliphatic rings. The maximum absolute atomic E-state index is 5.89. The quantitative estimate of drug-likeness (QED) is 0.862. The van der Waals surface area contributed by atoms with Gasteiger partial charge in [0, 0.05) is 17.3 Å². The summed E-state index contributed by atoms with van der Waals surface area (Å²) in [6.45, 7) is 0.785. The van der Waals surface area contributed by atoms with Crippen molar-refractivity contribution >= 4 is 0 Å². The molecule has 0 spiro atoms. The van der Waals surface area contributed by atoms with Crippen molar-refractivity contribution in [3.05, 3.63) is 35.5 Å². The number of benzene rings is 1. The molecule has 1 fully saturated rings. The van der Waals surface area contributed by atoms with Gasteiger partial charge < -0.3 is 15.0 Å². The van der Waals surface area contributed by atoms with Crippen LogP contribution < -0.4 is 20.4 Å². The Kier molecular flexibility index (Phi) is 2.43. The fourth-order valence-corrected chi connectivity index (χ4v) is 2.56. The summed E-state index contributed by atoms with van der Waals surface area (Å²) in [5.74, 6) is 2.43. The third-order valence-corrected chi connectivity index (χ3v) is 3.85. The molecule has 100 valence electrons. The van der Waals surface area contributed by atoms with Gasteiger partial charge in [-0.05, 0) is 30.9 Å². The number of nitrogens with zero attached hydrogens (tertiary/aromatic N) is 1. The van der Waals surface area contributed by atoms with Gasteiger partial charge in [-0.2, -0.15) is 0 Å². The van der Waals surface area contributed by atoms with Crippen LogP contribution in [0, 0.1) is 5.92 Å². The van der Waals surface area contributed by atoms with E-state index in [4.69, 9.17) is 9.57 Å². The van der Waals surface area contributed by atoms with Crippen LogP contribution in [0.3, 0.4) is 0 Å². The molecule has 1 atom stereocenters. The second-order valence-electron chi connectivity index (χ2n) is 5.25. The van der Waals surface area contributed by atoms with Crippen LogP contribution in [-0.2, 0) is 6.54 Å². The minimum absolute atomic E-state index is 0.0917. The molecule has 1 aromatic carbocycles. The summed E-state index contributed by atoms with van der Waals surface area (Å²) in [4.78, 5) is 5.89. The molecule has 1 aliphatic carbocycles. The normalized spacial score (nSPS) is 25.5. The second kappa shape index (κ2) is 4.15. The van der Waals surface area contributed by atoms with Gasteiger partial charge in [0.2, 0.25) is 0 Å². The molecule has 2 aliphatic heterocycles. The molecule has 2 heterocycles. The van der Waals surface area contributed by atoms with E-state index < -0.39 is 0 Å². The van der Waals surface area contributed by atoms with Crippen LogP contribution in [0.1, 0.15) is 18.4 Å². The van der Waals surface area contributed by atoms with Crippen LogP contribution in [0.5, 0.6) is 11.5 Å². The molecule has 0 saturated heterocycles. The first-order valence-electron chi connectivity index (χ1n) is 6.68. The van der Waals surface area contributed by atoms with Gasteiger partial charge in [0.25, 0.3) is 0 Å². The van der Waals surface area contributed by atoms with Crippen molar-refractivity contribution in [3.63, 3.8) is 0 Å². The first-order chi connectivity index (χ1) is 9.33. The van der Waals surface area contributed by atoms with E-state index in [9.17, 15) is 0 Å². The molecule has 5 nitrogen and oxygen atoms in total. The first kappa shape index (κ1) is 11.1. The minimum Gasteiger partial charge on any atom is -0.497 e. The number of allylic oxidation sites excluding steroid dienone is 1. The van der Waals surface area contributed by atoms with Gasteiger partial charge in [-0.3, -0.25) is 0 Å². The van der Waals surface area contributed by atoms with E-state index in [0.717, 1.165) is 24.0 Å². The summed E-state index contributed by atoms with van der Waals surface area (Å²) >= 11 is 0. The number of methoxy groups -OCH3 is 1. The number of nitrogens with one attached hydrogen (secondary N) is 2. The van der Waals surface area contributed by atoms with Crippen LogP contribution >= 0.6 is 0 Å². The van der Waals surface area contributed by atoms with E-state index in [2.05, 4.69) is 23.0 Å². The van der Waals surface area contributed by atoms with Gasteiger partial charge in [-0.15, -0.1) is 5.06 Å². The summed E-state index contributed by atoms with van der Waals surface area (Å²) in [7, 11) is 1.67. The van der Waals surface area contributed by atoms with Crippen LogP contribution in [0.15, 0.2) is 30.0 Å². The predicted octanol–water partition coefficient (Wildman–Crippen LogP) is 1.53. The molecular weight excluding hydrogens is 242 g/mol. The maximum atomic E-state index is 5.89. The predicted molar refractivity (Wildman–Crippen MR) is 70.0 cm³/mol. The Hall–Kier alpha value is -1.72. The van der Waals surface area contributed by atoms with Crippen molar-refractivity contribution in [3.8, 4) is 11.5 Å². The third-order valence-electron chi connectivity index (χ3n) is 3.85. The number of fused-ring (bicyclic) bond motifs is 1. The molecule has 0 bridgehead atoms. The number of rotatable bonds is 3. The fraction of sp³-hybridized carbons (Fsp3) is 0.429. The highest BCUT2D eigenvalue weighted by Gasteiger charge is 2.34. The maximum Gasteiger partial charge on any atom is 0.155 e. The summed E-state index contributed by atoms with van der Waals surface area (Å²) < 4.78 is 5.22. The number of hydrogen-bond acceptors (Lipinski definition) is 5. The number of hydrazine groups is 1. The van der Waals surface area contributed by atoms with Gasteiger partial charge in [-0.1, -0.05) is 6.07 Å². The number of hydrogen-bond donors (Lipinski definition) is 2. The summed E-state index contributed by atoms with van der Waals surface area (Å²) in [5, 5.41) is 1.95. The monoisotopic (exact) mass is 259 g/mol. The SMILES string of the molecule is COc1ccc2c(c1)ON(C1C=C(C3CC3)NN1)C2. The zero-order chi connectivity index (χ0) is 12.8. The van der Waals surface area contributed by atoms with Gasteiger partial charge in [0.1, 0.15) is 11.9 Å². The van der Waals surface area contributed by atoms with Crippen molar-refractivity contribution in [2.75, 3.05) is 7.11 Å². The van der Waals surface area contributed by atoms with E-state index in [1.807, 2.05) is 17.2 Å². The molecule has 4 rings (SSSR count). The molecular formula is C14H17N3O2. The highest BCUT2D eigenvalue weighted by molar-refractivity contribution is 5.42. The summed E-state index contributed by atoms with van der Waals surface area (Å²) in [5.41, 5.74) is 9.02. The zero-order valence-electron chi connectivity index (χ0n) is 10.8. The lowest BCUT2D eigenvalue weighted by Gasteiger charge is -2.20. The molecule has 19 heavy (non-hydrogen) atoms. The summed E-state index contributed by atoms with van der Waals surface area (Å²) in [6.07, 6.45) is 4.91. The Morgan fingerprint density at radius 3 is 3.05 bits per heavy atom. The van der Waals surface area contributed by atoms with Crippen LogP contribution in [0.4, 0.5) is 0 Å². The van der Waals surface area contributed by atoms with Crippen molar-refractivity contribution < 1.29 is 9.57 Å². The van der Waals surface area contributed by atoms with E-state index in [-0.39, 0.29) is 6.17 Å². The van der Waals surface area contributed by atoms with E-state index in [1.54, 1.807) is 7.11 Å². The van der Waals surface area contributed by atoms with Crippen molar-refractivity contribution in [1.82, 2.24) is 15.9 Å². The van der Waals surface area contributed by atoms with Gasteiger partial charge in [0.15, 0.2) is 5.75 Å². The Labute approximate surface area is 112 Å². The highest BCUT2D eigenvalue weighted by Crippen LogP contribution is 2.37. The molecule has 1 saturated carbocycles. The zero-order valence-corrected chi connectivity index (χ0v) is 10.8. The molecule has 1 aromatic rings. The van der Waals surface area contributed by atoms with Crippen molar-refractivity contribution in [1.29, 1.82) is 0 Å². The molecule has 1 unspecified atom stereocenters. The van der Waals surface area contributed by atoms with E-state index >= 15 is 0 Å². The lowest BCUT2D eigenvalue weighted by molar-refractivity contribution is -0.0762. The Balaban J connectivity index is 1.50. The third kappa shape index (κ3) is 1.95. The van der Waals surface area contributed by atoms with E-state index in [1.165, 1.54) is 24.1 Å². The van der Waals surface area contributed by atoms with Gasteiger partial charge >= 0.3 is 0 Å². The average Bonchev–Trinajstić information content (AvgIpc) is 3.03. The van der Waals surface area contributed by atoms with Gasteiger partial charge in [0.05, 0.1) is 13.7 Å². The highest BCUT2D eigenvalue weighted by atomic mass is 16.7. The van der Waals surface area contributed by atoms with Crippen LogP contribution in [0.2, 0.25) is 0 Å². The first-order valence-corrected chi connectivity index (χ1v) is 6.68. The van der Waals surface area contributed by atoms with E-state index in [0.29, 0.717) is 0 Å². The van der Waals surface area contributed by atoms with Crippen LogP contribution in [0.25, 0.3) is 0 Å². The average molecular weight is 259 g/mol. The molecule has 0 aromatic heterocycles. The van der Waals surface area contributed by atoms with Crippen molar-refractivity contribution in [2.45, 2.75) is 25.6 Å². The Bertz CT molecular complexity index is 539. The Morgan fingerprint density at radius 2 is 2.26 bits per heavy atom. The molecule has 0 amide bonds. The number of hydroxylamine groups is 2. The fourth-order valence-electron chi connectivity index (χ4n) is 2.56. The summed E-state index contributed by atoms with van der Waals surface area (Å²) in [6, 6.07) is 5.96. The lowest BCUT2D eigenvalue weighted by atomic mass is 10.2. The smallest absolute Gasteiger partial charge is 0.155 e. The molecule has 5 heteroatoms. The molecule has 2 N–H and O–H groups in total. The lowest BCUT2D eigenvalue weighted by Crippen LogP contribution is -2.44. The standard InChI is InChI=1S/C14H17N3O2/c1-18-11-5-4-10-8-17(19-13(10)6-11)14-7-12(15-16-14)9-2-3-9/h4-7,9,14-16H,2-3,8H2,1H3. The van der Waals surface area contributed by atoms with Crippen molar-refractivity contribution in [2.24, 2.45) is 5.92 Å². The largest absolute Gasteiger partial charge is 0.497 e. The minimum atomic E-state index is 0.0917. The Morgan fingerprint density at radius 1 is 1.37 bits per heavy atom. The van der Waals surface area contributed by atoms with Gasteiger partial charge in [-0.25, -0.2) is 5.43 Å². The topological polar surface area (TPSA) is 45.8 Å². The second-order valence-corrected chi connectivity index (χ2v) is 5.25. The number of ether oxygens (including phenoxy) is 1. The van der Waals surface area contributed by atoms with Crippen LogP contribution in [-0.4, -0.2) is 18.3 Å².